The molecule has 104 valence electrons. The first-order valence-corrected chi connectivity index (χ1v) is 6.48. The Bertz CT molecular complexity index is 461. The second kappa shape index (κ2) is 5.77. The van der Waals surface area contributed by atoms with Crippen molar-refractivity contribution in [1.29, 1.82) is 0 Å². The number of hydrogen-bond donors (Lipinski definition) is 1. The molecular weight excluding hydrogens is 246 g/mol. The highest BCUT2D eigenvalue weighted by Gasteiger charge is 2.26. The standard InChI is InChI=1S/C13H19N3O3/c1-3-19-13(18)16-8-6-15(7-9-16)12(17)11-4-5-14-10(11)2/h4-5,14H,3,6-9H2,1-2H3. The SMILES string of the molecule is CCOC(=O)N1CCN(C(=O)c2cc[nH]c2C)CC1. The van der Waals surface area contributed by atoms with Crippen LogP contribution in [0.25, 0.3) is 0 Å². The Kier molecular flexibility index (Phi) is 4.09. The minimum Gasteiger partial charge on any atom is -0.450 e. The predicted octanol–water partition coefficient (Wildman–Crippen LogP) is 1.24. The molecule has 2 rings (SSSR count). The van der Waals surface area contributed by atoms with Gasteiger partial charge in [0.2, 0.25) is 0 Å². The summed E-state index contributed by atoms with van der Waals surface area (Å²) in [6, 6.07) is 1.79. The lowest BCUT2D eigenvalue weighted by molar-refractivity contribution is 0.0570. The number of aromatic nitrogens is 1. The van der Waals surface area contributed by atoms with Crippen LogP contribution in [0.5, 0.6) is 0 Å². The van der Waals surface area contributed by atoms with Crippen molar-refractivity contribution < 1.29 is 14.3 Å². The van der Waals surface area contributed by atoms with Gasteiger partial charge in [0.1, 0.15) is 0 Å². The summed E-state index contributed by atoms with van der Waals surface area (Å²) in [5.74, 6) is 0.0160. The molecule has 2 heterocycles. The Labute approximate surface area is 112 Å². The van der Waals surface area contributed by atoms with Crippen molar-refractivity contribution >= 4 is 12.0 Å². The third-order valence-corrected chi connectivity index (χ3v) is 3.28. The zero-order valence-corrected chi connectivity index (χ0v) is 11.3. The van der Waals surface area contributed by atoms with Crippen LogP contribution in [-0.4, -0.2) is 59.6 Å². The summed E-state index contributed by atoms with van der Waals surface area (Å²) in [6.45, 7) is 6.17. The van der Waals surface area contributed by atoms with Crippen LogP contribution in [-0.2, 0) is 4.74 Å². The Morgan fingerprint density at radius 3 is 2.42 bits per heavy atom. The number of carbonyl (C=O) groups is 2. The number of nitrogens with one attached hydrogen (secondary N) is 1. The number of nitrogens with zero attached hydrogens (tertiary/aromatic N) is 2. The number of amides is 2. The molecule has 1 aliphatic rings. The first-order chi connectivity index (χ1) is 9.13. The van der Waals surface area contributed by atoms with Crippen molar-refractivity contribution in [1.82, 2.24) is 14.8 Å². The van der Waals surface area contributed by atoms with E-state index >= 15 is 0 Å². The molecule has 6 nitrogen and oxygen atoms in total. The van der Waals surface area contributed by atoms with Gasteiger partial charge in [-0.2, -0.15) is 0 Å². The number of ether oxygens (including phenoxy) is 1. The summed E-state index contributed by atoms with van der Waals surface area (Å²) in [6.07, 6.45) is 1.46. The van der Waals surface area contributed by atoms with Crippen LogP contribution < -0.4 is 0 Å². The maximum atomic E-state index is 12.3. The molecule has 1 saturated heterocycles. The number of carbonyl (C=O) groups excluding carboxylic acids is 2. The summed E-state index contributed by atoms with van der Waals surface area (Å²) in [5, 5.41) is 0. The molecule has 0 unspecified atom stereocenters. The van der Waals surface area contributed by atoms with E-state index in [1.807, 2.05) is 6.92 Å². The number of piperazine rings is 1. The third kappa shape index (κ3) is 2.89. The zero-order chi connectivity index (χ0) is 13.8. The molecule has 1 aromatic heterocycles. The Morgan fingerprint density at radius 1 is 1.26 bits per heavy atom. The maximum Gasteiger partial charge on any atom is 0.409 e. The summed E-state index contributed by atoms with van der Waals surface area (Å²) in [4.78, 5) is 30.2. The molecule has 1 aromatic rings. The maximum absolute atomic E-state index is 12.3. The zero-order valence-electron chi connectivity index (χ0n) is 11.3. The smallest absolute Gasteiger partial charge is 0.409 e. The average molecular weight is 265 g/mol. The largest absolute Gasteiger partial charge is 0.450 e. The normalized spacial score (nSPS) is 15.5. The first kappa shape index (κ1) is 13.5. The molecule has 6 heteroatoms. The minimum atomic E-state index is -0.299. The average Bonchev–Trinajstić information content (AvgIpc) is 2.84. The molecule has 0 atom stereocenters. The second-order valence-electron chi connectivity index (χ2n) is 4.49. The van der Waals surface area contributed by atoms with E-state index in [1.54, 1.807) is 29.0 Å². The quantitative estimate of drug-likeness (QED) is 0.875. The highest BCUT2D eigenvalue weighted by Crippen LogP contribution is 2.12. The van der Waals surface area contributed by atoms with Crippen molar-refractivity contribution in [2.75, 3.05) is 32.8 Å². The molecule has 1 aliphatic heterocycles. The van der Waals surface area contributed by atoms with Crippen LogP contribution in [0.1, 0.15) is 23.0 Å². The summed E-state index contributed by atoms with van der Waals surface area (Å²) < 4.78 is 4.95. The van der Waals surface area contributed by atoms with Gasteiger partial charge in [0.25, 0.3) is 5.91 Å². The van der Waals surface area contributed by atoms with Crippen molar-refractivity contribution in [3.8, 4) is 0 Å². The van der Waals surface area contributed by atoms with Gasteiger partial charge in [0.05, 0.1) is 12.2 Å². The van der Waals surface area contributed by atoms with E-state index in [4.69, 9.17) is 4.74 Å². The molecular formula is C13H19N3O3. The molecule has 2 amide bonds. The first-order valence-electron chi connectivity index (χ1n) is 6.48. The molecule has 0 saturated carbocycles. The molecule has 0 bridgehead atoms. The molecule has 0 radical (unpaired) electrons. The van der Waals surface area contributed by atoms with E-state index in [0.29, 0.717) is 38.3 Å². The van der Waals surface area contributed by atoms with Crippen molar-refractivity contribution in [3.63, 3.8) is 0 Å². The van der Waals surface area contributed by atoms with Gasteiger partial charge in [-0.05, 0) is 19.9 Å². The third-order valence-electron chi connectivity index (χ3n) is 3.28. The van der Waals surface area contributed by atoms with Crippen LogP contribution in [0.15, 0.2) is 12.3 Å². The van der Waals surface area contributed by atoms with Gasteiger partial charge in [-0.25, -0.2) is 4.79 Å². The molecule has 0 aromatic carbocycles. The lowest BCUT2D eigenvalue weighted by Crippen LogP contribution is -2.50. The van der Waals surface area contributed by atoms with Crippen molar-refractivity contribution in [2.45, 2.75) is 13.8 Å². The summed E-state index contributed by atoms with van der Waals surface area (Å²) in [7, 11) is 0. The van der Waals surface area contributed by atoms with E-state index in [1.165, 1.54) is 0 Å². The lowest BCUT2D eigenvalue weighted by atomic mass is 10.2. The molecule has 1 fully saturated rings. The molecule has 0 aliphatic carbocycles. The Hall–Kier alpha value is -1.98. The summed E-state index contributed by atoms with van der Waals surface area (Å²) in [5.41, 5.74) is 1.57. The highest BCUT2D eigenvalue weighted by molar-refractivity contribution is 5.95. The molecule has 0 spiro atoms. The fourth-order valence-corrected chi connectivity index (χ4v) is 2.16. The van der Waals surface area contributed by atoms with Gasteiger partial charge in [-0.1, -0.05) is 0 Å². The van der Waals surface area contributed by atoms with E-state index in [0.717, 1.165) is 5.69 Å². The van der Waals surface area contributed by atoms with Gasteiger partial charge in [-0.15, -0.1) is 0 Å². The van der Waals surface area contributed by atoms with Crippen LogP contribution in [0.4, 0.5) is 4.79 Å². The van der Waals surface area contributed by atoms with E-state index < -0.39 is 0 Å². The van der Waals surface area contributed by atoms with Crippen LogP contribution in [0.3, 0.4) is 0 Å². The van der Waals surface area contributed by atoms with Crippen LogP contribution >= 0.6 is 0 Å². The topological polar surface area (TPSA) is 65.6 Å². The Balaban J connectivity index is 1.92. The van der Waals surface area contributed by atoms with Crippen molar-refractivity contribution in [3.05, 3.63) is 23.5 Å². The second-order valence-corrected chi connectivity index (χ2v) is 4.49. The van der Waals surface area contributed by atoms with E-state index in [-0.39, 0.29) is 12.0 Å². The fraction of sp³-hybridized carbons (Fsp3) is 0.538. The van der Waals surface area contributed by atoms with E-state index in [9.17, 15) is 9.59 Å². The number of rotatable bonds is 2. The van der Waals surface area contributed by atoms with Gasteiger partial charge >= 0.3 is 6.09 Å². The van der Waals surface area contributed by atoms with Crippen LogP contribution in [0, 0.1) is 6.92 Å². The minimum absolute atomic E-state index is 0.0160. The lowest BCUT2D eigenvalue weighted by Gasteiger charge is -2.34. The highest BCUT2D eigenvalue weighted by atomic mass is 16.6. The van der Waals surface area contributed by atoms with E-state index in [2.05, 4.69) is 4.98 Å². The molecule has 19 heavy (non-hydrogen) atoms. The number of hydrogen-bond acceptors (Lipinski definition) is 3. The number of aromatic amines is 1. The Morgan fingerprint density at radius 2 is 1.89 bits per heavy atom. The number of H-pyrrole nitrogens is 1. The number of aryl methyl sites for hydroxylation is 1. The van der Waals surface area contributed by atoms with Gasteiger partial charge < -0.3 is 19.5 Å². The fourth-order valence-electron chi connectivity index (χ4n) is 2.16. The van der Waals surface area contributed by atoms with Gasteiger partial charge in [-0.3, -0.25) is 4.79 Å². The summed E-state index contributed by atoms with van der Waals surface area (Å²) >= 11 is 0. The van der Waals surface area contributed by atoms with Crippen LogP contribution in [0.2, 0.25) is 0 Å². The van der Waals surface area contributed by atoms with Crippen molar-refractivity contribution in [2.24, 2.45) is 0 Å². The predicted molar refractivity (Wildman–Crippen MR) is 70.0 cm³/mol. The monoisotopic (exact) mass is 265 g/mol. The molecule has 1 N–H and O–H groups in total. The van der Waals surface area contributed by atoms with Gasteiger partial charge in [0.15, 0.2) is 0 Å². The van der Waals surface area contributed by atoms with Gasteiger partial charge in [0, 0.05) is 38.1 Å².